The van der Waals surface area contributed by atoms with Crippen LogP contribution in [0.3, 0.4) is 0 Å². The van der Waals surface area contributed by atoms with Gasteiger partial charge in [-0.05, 0) is 14.4 Å². The first-order valence-electron chi connectivity index (χ1n) is 5.01. The summed E-state index contributed by atoms with van der Waals surface area (Å²) in [5, 5.41) is 14.8. The van der Waals surface area contributed by atoms with Crippen molar-refractivity contribution in [2.45, 2.75) is 19.9 Å². The Kier molecular flexibility index (Phi) is 4.62. The molecule has 0 saturated carbocycles. The van der Waals surface area contributed by atoms with Gasteiger partial charge in [-0.3, -0.25) is 5.01 Å². The maximum absolute atomic E-state index is 4.35. The van der Waals surface area contributed by atoms with Gasteiger partial charge < -0.3 is 0 Å². The SMILES string of the molecule is CCCN1Cc2c(nnn2P(P)PP)C=N1. The molecule has 0 fully saturated rings. The van der Waals surface area contributed by atoms with Gasteiger partial charge in [0.05, 0.1) is 25.9 Å². The van der Waals surface area contributed by atoms with Gasteiger partial charge in [-0.15, -0.1) is 14.0 Å². The molecule has 5 nitrogen and oxygen atoms in total. The molecule has 0 aromatic carbocycles. The lowest BCUT2D eigenvalue weighted by molar-refractivity contribution is 0.273. The Balaban J connectivity index is 2.23. The third kappa shape index (κ3) is 2.59. The van der Waals surface area contributed by atoms with E-state index in [0.717, 1.165) is 33.2 Å². The molecular weight excluding hydrogens is 278 g/mol. The molecule has 4 unspecified atom stereocenters. The molecule has 2 rings (SSSR count). The topological polar surface area (TPSA) is 46.3 Å². The first kappa shape index (κ1) is 12.8. The Hall–Kier alpha value is 0.330. The molecule has 0 bridgehead atoms. The minimum atomic E-state index is -0.317. The van der Waals surface area contributed by atoms with Gasteiger partial charge in [0.1, 0.15) is 5.69 Å². The van der Waals surface area contributed by atoms with E-state index < -0.39 is 0 Å². The van der Waals surface area contributed by atoms with Crippen molar-refractivity contribution in [2.24, 2.45) is 5.10 Å². The van der Waals surface area contributed by atoms with Crippen molar-refractivity contribution in [1.82, 2.24) is 19.8 Å². The van der Waals surface area contributed by atoms with E-state index in [1.54, 1.807) is 0 Å². The third-order valence-electron chi connectivity index (χ3n) is 2.27. The molecular formula is C7H15N5P4. The van der Waals surface area contributed by atoms with E-state index in [1.165, 1.54) is 5.69 Å². The van der Waals surface area contributed by atoms with E-state index in [-0.39, 0.29) is 7.45 Å². The minimum absolute atomic E-state index is 0.317. The number of rotatable bonds is 4. The van der Waals surface area contributed by atoms with Gasteiger partial charge in [0.2, 0.25) is 0 Å². The van der Waals surface area contributed by atoms with E-state index >= 15 is 0 Å². The Bertz CT molecular complexity index is 392. The standard InChI is InChI=1S/C7H15N5P4/c1-2-3-11-5-7-6(4-8-11)9-10-12(7)16(14)15-13/h4,15H,2-3,5,13-14H2,1H3. The summed E-state index contributed by atoms with van der Waals surface area (Å²) in [6.45, 7) is 3.97. The summed E-state index contributed by atoms with van der Waals surface area (Å²) in [6.07, 6.45) is 2.92. The van der Waals surface area contributed by atoms with Crippen LogP contribution in [-0.2, 0) is 6.54 Å². The molecule has 0 amide bonds. The number of aromatic nitrogens is 3. The van der Waals surface area contributed by atoms with Gasteiger partial charge in [0, 0.05) is 6.54 Å². The van der Waals surface area contributed by atoms with E-state index in [9.17, 15) is 0 Å². The van der Waals surface area contributed by atoms with Crippen LogP contribution < -0.4 is 0 Å². The molecule has 0 radical (unpaired) electrons. The molecule has 88 valence electrons. The van der Waals surface area contributed by atoms with Crippen LogP contribution in [-0.4, -0.2) is 32.5 Å². The zero-order valence-electron chi connectivity index (χ0n) is 9.04. The van der Waals surface area contributed by atoms with E-state index in [2.05, 4.69) is 49.7 Å². The molecule has 1 aromatic rings. The van der Waals surface area contributed by atoms with Crippen molar-refractivity contribution in [2.75, 3.05) is 6.54 Å². The molecule has 0 spiro atoms. The first-order valence-corrected chi connectivity index (χ1v) is 11.6. The fraction of sp³-hybridized carbons (Fsp3) is 0.571. The number of hydrazone groups is 1. The molecule has 0 saturated heterocycles. The van der Waals surface area contributed by atoms with Crippen LogP contribution in [0.5, 0.6) is 0 Å². The van der Waals surface area contributed by atoms with Crippen LogP contribution >= 0.6 is 33.3 Å². The average molecular weight is 293 g/mol. The molecule has 4 atom stereocenters. The van der Waals surface area contributed by atoms with Crippen molar-refractivity contribution in [3.63, 3.8) is 0 Å². The highest BCUT2D eigenvalue weighted by atomic mass is 32.6. The molecule has 2 heterocycles. The van der Waals surface area contributed by atoms with E-state index in [0.29, 0.717) is 0 Å². The zero-order valence-corrected chi connectivity index (χ0v) is 13.2. The molecule has 0 aliphatic carbocycles. The summed E-state index contributed by atoms with van der Waals surface area (Å²) in [6, 6.07) is 0. The van der Waals surface area contributed by atoms with Crippen LogP contribution in [0.25, 0.3) is 0 Å². The highest BCUT2D eigenvalue weighted by Gasteiger charge is 2.20. The van der Waals surface area contributed by atoms with Gasteiger partial charge in [0.25, 0.3) is 0 Å². The van der Waals surface area contributed by atoms with Crippen LogP contribution in [0.15, 0.2) is 5.10 Å². The highest BCUT2D eigenvalue weighted by Crippen LogP contribution is 2.66. The molecule has 1 aliphatic rings. The molecule has 1 aromatic heterocycles. The van der Waals surface area contributed by atoms with Gasteiger partial charge in [-0.2, -0.15) is 5.10 Å². The lowest BCUT2D eigenvalue weighted by Gasteiger charge is -2.22. The lowest BCUT2D eigenvalue weighted by Crippen LogP contribution is -2.23. The number of fused-ring (bicyclic) bond motifs is 1. The monoisotopic (exact) mass is 293 g/mol. The summed E-state index contributed by atoms with van der Waals surface area (Å²) >= 11 is 0. The van der Waals surface area contributed by atoms with Crippen molar-refractivity contribution < 1.29 is 0 Å². The summed E-state index contributed by atoms with van der Waals surface area (Å²) < 4.78 is 2.05. The Labute approximate surface area is 102 Å². The molecule has 16 heavy (non-hydrogen) atoms. The fourth-order valence-corrected chi connectivity index (χ4v) is 4.53. The predicted molar refractivity (Wildman–Crippen MR) is 78.4 cm³/mol. The second-order valence-electron chi connectivity index (χ2n) is 3.42. The maximum atomic E-state index is 4.35. The summed E-state index contributed by atoms with van der Waals surface area (Å²) in [5.74, 6) is 0. The molecule has 0 N–H and O–H groups in total. The van der Waals surface area contributed by atoms with Crippen molar-refractivity contribution in [3.05, 3.63) is 11.4 Å². The predicted octanol–water partition coefficient (Wildman–Crippen LogP) is 2.26. The number of hydrogen-bond acceptors (Lipinski definition) is 4. The van der Waals surface area contributed by atoms with Crippen LogP contribution in [0.2, 0.25) is 0 Å². The smallest absolute Gasteiger partial charge is 0.131 e. The fourth-order valence-electron chi connectivity index (χ4n) is 1.52. The Morgan fingerprint density at radius 1 is 1.62 bits per heavy atom. The Morgan fingerprint density at radius 2 is 2.44 bits per heavy atom. The van der Waals surface area contributed by atoms with Crippen LogP contribution in [0.4, 0.5) is 0 Å². The lowest BCUT2D eigenvalue weighted by atomic mass is 10.3. The van der Waals surface area contributed by atoms with E-state index in [1.807, 2.05) is 6.21 Å². The quantitative estimate of drug-likeness (QED) is 0.800. The highest BCUT2D eigenvalue weighted by molar-refractivity contribution is 8.60. The summed E-state index contributed by atoms with van der Waals surface area (Å²) in [7, 11) is 6.11. The van der Waals surface area contributed by atoms with Crippen LogP contribution in [0.1, 0.15) is 24.7 Å². The second kappa shape index (κ2) is 5.78. The van der Waals surface area contributed by atoms with Crippen molar-refractivity contribution in [3.8, 4) is 0 Å². The first-order chi connectivity index (χ1) is 7.76. The summed E-state index contributed by atoms with van der Waals surface area (Å²) in [5.41, 5.74) is 2.12. The van der Waals surface area contributed by atoms with Crippen LogP contribution in [0, 0.1) is 0 Å². The van der Waals surface area contributed by atoms with Gasteiger partial charge in [0.15, 0.2) is 0 Å². The van der Waals surface area contributed by atoms with Gasteiger partial charge in [-0.1, -0.05) is 21.1 Å². The minimum Gasteiger partial charge on any atom is -0.291 e. The van der Waals surface area contributed by atoms with Gasteiger partial charge >= 0.3 is 0 Å². The molecule has 9 heteroatoms. The van der Waals surface area contributed by atoms with Gasteiger partial charge in [-0.25, -0.2) is 4.45 Å². The van der Waals surface area contributed by atoms with Crippen molar-refractivity contribution in [1.29, 1.82) is 0 Å². The molecule has 1 aliphatic heterocycles. The third-order valence-corrected chi connectivity index (χ3v) is 11.7. The largest absolute Gasteiger partial charge is 0.291 e. The maximum Gasteiger partial charge on any atom is 0.131 e. The number of hydrogen-bond donors (Lipinski definition) is 0. The van der Waals surface area contributed by atoms with E-state index in [4.69, 9.17) is 0 Å². The normalized spacial score (nSPS) is 17.1. The Morgan fingerprint density at radius 3 is 3.12 bits per heavy atom. The number of nitrogens with zero attached hydrogens (tertiary/aromatic N) is 5. The summed E-state index contributed by atoms with van der Waals surface area (Å²) in [4.78, 5) is 0. The zero-order chi connectivity index (χ0) is 11.5. The van der Waals surface area contributed by atoms with Crippen molar-refractivity contribution >= 4 is 39.5 Å². The second-order valence-corrected chi connectivity index (χ2v) is 12.2. The average Bonchev–Trinajstić information content (AvgIpc) is 2.71.